The van der Waals surface area contributed by atoms with Crippen LogP contribution in [0.2, 0.25) is 0 Å². The first-order chi connectivity index (χ1) is 8.96. The highest BCUT2D eigenvalue weighted by atomic mass is 32.2. The highest BCUT2D eigenvalue weighted by Crippen LogP contribution is 2.12. The summed E-state index contributed by atoms with van der Waals surface area (Å²) in [5.41, 5.74) is 1.14. The van der Waals surface area contributed by atoms with Gasteiger partial charge in [0.15, 0.2) is 11.9 Å². The molecular formula is C14H18NO3S+. The van der Waals surface area contributed by atoms with E-state index >= 15 is 0 Å². The van der Waals surface area contributed by atoms with E-state index in [4.69, 9.17) is 4.55 Å². The van der Waals surface area contributed by atoms with Gasteiger partial charge in [-0.05, 0) is 17.9 Å². The molecule has 0 unspecified atom stereocenters. The fourth-order valence-corrected chi connectivity index (χ4v) is 2.71. The third-order valence-corrected chi connectivity index (χ3v) is 3.96. The Hall–Kier alpha value is -1.46. The van der Waals surface area contributed by atoms with Crippen LogP contribution in [0.15, 0.2) is 36.5 Å². The van der Waals surface area contributed by atoms with Crippen molar-refractivity contribution in [2.75, 3.05) is 5.75 Å². The van der Waals surface area contributed by atoms with Gasteiger partial charge in [-0.25, -0.2) is 4.57 Å². The summed E-state index contributed by atoms with van der Waals surface area (Å²) in [5.74, 6) is -0.166. The topological polar surface area (TPSA) is 58.2 Å². The summed E-state index contributed by atoms with van der Waals surface area (Å²) in [6.07, 6.45) is 3.28. The predicted molar refractivity (Wildman–Crippen MR) is 74.5 cm³/mol. The highest BCUT2D eigenvalue weighted by Gasteiger charge is 2.10. The Morgan fingerprint density at radius 3 is 2.53 bits per heavy atom. The van der Waals surface area contributed by atoms with Crippen molar-refractivity contribution in [1.29, 1.82) is 0 Å². The first kappa shape index (κ1) is 14.0. The maximum Gasteiger partial charge on any atom is 0.264 e. The maximum atomic E-state index is 10.6. The van der Waals surface area contributed by atoms with Crippen LogP contribution in [0.4, 0.5) is 0 Å². The molecule has 0 bridgehead atoms. The molecule has 0 aliphatic carbocycles. The van der Waals surface area contributed by atoms with Gasteiger partial charge >= 0.3 is 0 Å². The quantitative estimate of drug-likeness (QED) is 0.518. The summed E-state index contributed by atoms with van der Waals surface area (Å²) in [5, 5.41) is 2.37. The molecule has 1 aromatic carbocycles. The zero-order valence-corrected chi connectivity index (χ0v) is 11.7. The summed E-state index contributed by atoms with van der Waals surface area (Å²) in [6.45, 7) is 2.79. The van der Waals surface area contributed by atoms with Crippen LogP contribution in [0, 0.1) is 6.92 Å². The second-order valence-corrected chi connectivity index (χ2v) is 6.30. The number of fused-ring (bicyclic) bond motifs is 1. The van der Waals surface area contributed by atoms with Gasteiger partial charge in [0.2, 0.25) is 0 Å². The van der Waals surface area contributed by atoms with Crippen molar-refractivity contribution in [2.24, 2.45) is 0 Å². The lowest BCUT2D eigenvalue weighted by atomic mass is 10.1. The van der Waals surface area contributed by atoms with Crippen molar-refractivity contribution in [3.8, 4) is 0 Å². The normalized spacial score (nSPS) is 11.9. The number of hydrogen-bond acceptors (Lipinski definition) is 2. The fraction of sp³-hybridized carbons (Fsp3) is 0.357. The minimum absolute atomic E-state index is 0.166. The van der Waals surface area contributed by atoms with E-state index in [-0.39, 0.29) is 5.75 Å². The molecule has 1 aromatic heterocycles. The van der Waals surface area contributed by atoms with Gasteiger partial charge in [-0.15, -0.1) is 0 Å². The highest BCUT2D eigenvalue weighted by molar-refractivity contribution is 7.85. The molecule has 2 aromatic rings. The fourth-order valence-electron chi connectivity index (χ4n) is 2.15. The molecule has 0 radical (unpaired) electrons. The number of aryl methyl sites for hydroxylation is 2. The molecule has 102 valence electrons. The summed E-state index contributed by atoms with van der Waals surface area (Å²) in [4.78, 5) is 0. The van der Waals surface area contributed by atoms with Gasteiger partial charge in [-0.3, -0.25) is 4.55 Å². The van der Waals surface area contributed by atoms with Gasteiger partial charge in [0.25, 0.3) is 10.1 Å². The smallest absolute Gasteiger partial charge is 0.264 e. The Morgan fingerprint density at radius 2 is 1.84 bits per heavy atom. The van der Waals surface area contributed by atoms with E-state index < -0.39 is 10.1 Å². The number of nitrogens with zero attached hydrogens (tertiary/aromatic N) is 1. The lowest BCUT2D eigenvalue weighted by molar-refractivity contribution is -0.701. The third kappa shape index (κ3) is 4.01. The zero-order valence-electron chi connectivity index (χ0n) is 10.9. The average molecular weight is 280 g/mol. The maximum absolute atomic E-state index is 10.6. The Labute approximate surface area is 113 Å². The molecule has 0 spiro atoms. The summed E-state index contributed by atoms with van der Waals surface area (Å²) < 4.78 is 32.1. The molecule has 0 saturated carbocycles. The molecule has 5 heteroatoms. The van der Waals surface area contributed by atoms with Gasteiger partial charge in [0, 0.05) is 24.8 Å². The van der Waals surface area contributed by atoms with Crippen LogP contribution in [0.5, 0.6) is 0 Å². The Kier molecular flexibility index (Phi) is 4.17. The molecule has 0 saturated heterocycles. The average Bonchev–Trinajstić information content (AvgIpc) is 2.33. The van der Waals surface area contributed by atoms with Crippen molar-refractivity contribution < 1.29 is 17.5 Å². The van der Waals surface area contributed by atoms with Crippen molar-refractivity contribution >= 4 is 20.9 Å². The summed E-state index contributed by atoms with van der Waals surface area (Å²) >= 11 is 0. The van der Waals surface area contributed by atoms with E-state index in [2.05, 4.69) is 29.0 Å². The van der Waals surface area contributed by atoms with Gasteiger partial charge in [0.05, 0.1) is 5.75 Å². The molecule has 4 nitrogen and oxygen atoms in total. The monoisotopic (exact) mass is 280 g/mol. The molecule has 1 N–H and O–H groups in total. The SMILES string of the molecule is Cc1cc2ccccc2c[n+]1CCCCS(=O)(=O)O. The minimum Gasteiger partial charge on any atom is -0.286 e. The van der Waals surface area contributed by atoms with Crippen molar-refractivity contribution in [3.05, 3.63) is 42.2 Å². The third-order valence-electron chi connectivity index (χ3n) is 3.16. The van der Waals surface area contributed by atoms with E-state index in [0.29, 0.717) is 6.42 Å². The molecule has 1 heterocycles. The largest absolute Gasteiger partial charge is 0.286 e. The Morgan fingerprint density at radius 1 is 1.16 bits per heavy atom. The molecular weight excluding hydrogens is 262 g/mol. The number of hydrogen-bond donors (Lipinski definition) is 1. The number of rotatable bonds is 5. The van der Waals surface area contributed by atoms with Gasteiger partial charge in [-0.1, -0.05) is 18.2 Å². The Balaban J connectivity index is 2.06. The van der Waals surface area contributed by atoms with E-state index in [1.54, 1.807) is 0 Å². The van der Waals surface area contributed by atoms with Crippen molar-refractivity contribution in [1.82, 2.24) is 0 Å². The molecule has 0 aliphatic rings. The van der Waals surface area contributed by atoms with Crippen LogP contribution >= 0.6 is 0 Å². The lowest BCUT2D eigenvalue weighted by Crippen LogP contribution is -2.36. The summed E-state index contributed by atoms with van der Waals surface area (Å²) in [7, 11) is -3.83. The summed E-state index contributed by atoms with van der Waals surface area (Å²) in [6, 6.07) is 10.3. The van der Waals surface area contributed by atoms with E-state index in [1.807, 2.05) is 19.1 Å². The lowest BCUT2D eigenvalue weighted by Gasteiger charge is -2.03. The Bertz CT molecular complexity index is 680. The van der Waals surface area contributed by atoms with Crippen molar-refractivity contribution in [3.63, 3.8) is 0 Å². The van der Waals surface area contributed by atoms with Gasteiger partial charge < -0.3 is 0 Å². The van der Waals surface area contributed by atoms with Crippen LogP contribution in [0.25, 0.3) is 10.8 Å². The number of benzene rings is 1. The molecule has 0 amide bonds. The zero-order chi connectivity index (χ0) is 13.9. The first-order valence-electron chi connectivity index (χ1n) is 6.30. The first-order valence-corrected chi connectivity index (χ1v) is 7.91. The number of aromatic nitrogens is 1. The molecule has 0 aliphatic heterocycles. The minimum atomic E-state index is -3.83. The van der Waals surface area contributed by atoms with E-state index in [1.165, 1.54) is 10.8 Å². The van der Waals surface area contributed by atoms with Crippen LogP contribution < -0.4 is 4.57 Å². The van der Waals surface area contributed by atoms with Crippen LogP contribution in [-0.2, 0) is 16.7 Å². The van der Waals surface area contributed by atoms with E-state index in [9.17, 15) is 8.42 Å². The van der Waals surface area contributed by atoms with Gasteiger partial charge in [-0.2, -0.15) is 8.42 Å². The van der Waals surface area contributed by atoms with Gasteiger partial charge in [0.1, 0.15) is 6.54 Å². The molecule has 0 atom stereocenters. The predicted octanol–water partition coefficient (Wildman–Crippen LogP) is 2.10. The second-order valence-electron chi connectivity index (χ2n) is 4.73. The molecule has 2 rings (SSSR count). The number of unbranched alkanes of at least 4 members (excludes halogenated alkanes) is 1. The van der Waals surface area contributed by atoms with Crippen LogP contribution in [0.3, 0.4) is 0 Å². The molecule has 0 fully saturated rings. The standard InChI is InChI=1S/C14H17NO3S/c1-12-10-13-6-2-3-7-14(13)11-15(12)8-4-5-9-19(16,17)18/h2-3,6-7,10-11H,4-5,8-9H2,1H3/p+1. The van der Waals surface area contributed by atoms with Crippen molar-refractivity contribution in [2.45, 2.75) is 26.3 Å². The molecule has 19 heavy (non-hydrogen) atoms. The van der Waals surface area contributed by atoms with E-state index in [0.717, 1.165) is 18.7 Å². The number of pyridine rings is 1. The van der Waals surface area contributed by atoms with Crippen LogP contribution in [0.1, 0.15) is 18.5 Å². The van der Waals surface area contributed by atoms with Crippen LogP contribution in [-0.4, -0.2) is 18.7 Å². The second kappa shape index (κ2) is 5.67.